The number of carbonyl (C=O) groups excluding carboxylic acids is 8. The highest BCUT2D eigenvalue weighted by Crippen LogP contribution is 2.11. The Morgan fingerprint density at radius 1 is 0.712 bits per heavy atom. The summed E-state index contributed by atoms with van der Waals surface area (Å²) in [5.74, 6) is -5.27. The Bertz CT molecular complexity index is 1540. The molecule has 4 N–H and O–H groups in total. The number of ether oxygens (including phenoxy) is 5. The first-order valence-corrected chi connectivity index (χ1v) is 20.1. The van der Waals surface area contributed by atoms with Crippen LogP contribution in [0.5, 0.6) is 0 Å². The van der Waals surface area contributed by atoms with Crippen LogP contribution < -0.4 is 21.3 Å². The molecule has 0 spiro atoms. The van der Waals surface area contributed by atoms with Crippen molar-refractivity contribution in [2.24, 2.45) is 0 Å². The standard InChI is InChI=1S/C42H64N4O13/c1-9-11-13-17-23-34(47)46-32(39(52)57-27-30-19-15-14-16-20-30)24-25-35(48)45-31(36(49)43-28(3)37(50)55-8)21-18-22-33(40(53)56-26-12-10-2)58-38(51)29(4)44-41(54)59-42(5,6)7/h14-16,18-21,28-29,31-33H,9-13,17,22-27H2,1-8H3,(H,43,49)(H,44,54)(H,45,48)(H,46,47)/b21-18+/t28-,29+,31+,32-,33+/m1/s1. The molecule has 0 aliphatic carbocycles. The average molecular weight is 833 g/mol. The first-order chi connectivity index (χ1) is 27.9. The fraction of sp³-hybridized carbons (Fsp3) is 0.619. The van der Waals surface area contributed by atoms with Gasteiger partial charge in [-0.1, -0.05) is 82.0 Å². The summed E-state index contributed by atoms with van der Waals surface area (Å²) in [7, 11) is 1.14. The van der Waals surface area contributed by atoms with Crippen molar-refractivity contribution in [2.45, 2.75) is 155 Å². The van der Waals surface area contributed by atoms with Crippen molar-refractivity contribution < 1.29 is 62.0 Å². The summed E-state index contributed by atoms with van der Waals surface area (Å²) < 4.78 is 26.0. The topological polar surface area (TPSA) is 231 Å². The number of unbranched alkanes of at least 4 members (excludes halogenated alkanes) is 4. The number of hydrogen-bond donors (Lipinski definition) is 4. The number of amides is 4. The van der Waals surface area contributed by atoms with Gasteiger partial charge in [0.05, 0.1) is 13.7 Å². The van der Waals surface area contributed by atoms with Crippen LogP contribution in [0.1, 0.15) is 118 Å². The highest BCUT2D eigenvalue weighted by molar-refractivity contribution is 5.92. The molecule has 0 aromatic heterocycles. The maximum Gasteiger partial charge on any atom is 0.408 e. The Morgan fingerprint density at radius 2 is 1.36 bits per heavy atom. The van der Waals surface area contributed by atoms with Crippen molar-refractivity contribution in [3.63, 3.8) is 0 Å². The van der Waals surface area contributed by atoms with Gasteiger partial charge in [-0.2, -0.15) is 0 Å². The largest absolute Gasteiger partial charge is 0.467 e. The molecule has 5 atom stereocenters. The molecule has 0 aliphatic rings. The molecule has 330 valence electrons. The van der Waals surface area contributed by atoms with Crippen molar-refractivity contribution in [1.29, 1.82) is 0 Å². The van der Waals surface area contributed by atoms with Crippen LogP contribution in [0.25, 0.3) is 0 Å². The SMILES string of the molecule is CCCCCCC(=O)N[C@H](CCC(=O)N[C@@H](/C=C/C[C@H](OC(=O)[C@H](C)NC(=O)OC(C)(C)C)C(=O)OCCCC)C(=O)N[C@H](C)C(=O)OC)C(=O)OCc1ccccc1. The lowest BCUT2D eigenvalue weighted by atomic mass is 10.1. The Labute approximate surface area is 347 Å². The van der Waals surface area contributed by atoms with E-state index in [1.165, 1.54) is 26.0 Å². The van der Waals surface area contributed by atoms with Crippen LogP contribution in [-0.2, 0) is 63.9 Å². The van der Waals surface area contributed by atoms with E-state index in [4.69, 9.17) is 18.9 Å². The van der Waals surface area contributed by atoms with Gasteiger partial charge in [0.15, 0.2) is 0 Å². The molecule has 1 aromatic carbocycles. The van der Waals surface area contributed by atoms with Gasteiger partial charge in [0, 0.05) is 19.3 Å². The molecular weight excluding hydrogens is 768 g/mol. The summed E-state index contributed by atoms with van der Waals surface area (Å²) in [5, 5.41) is 10.00. The summed E-state index contributed by atoms with van der Waals surface area (Å²) in [6, 6.07) is 3.99. The Morgan fingerprint density at radius 3 is 1.98 bits per heavy atom. The second-order valence-corrected chi connectivity index (χ2v) is 14.8. The van der Waals surface area contributed by atoms with Crippen molar-refractivity contribution in [3.8, 4) is 0 Å². The van der Waals surface area contributed by atoms with Crippen LogP contribution in [0.15, 0.2) is 42.5 Å². The lowest BCUT2D eigenvalue weighted by Crippen LogP contribution is -2.50. The van der Waals surface area contributed by atoms with Crippen molar-refractivity contribution >= 4 is 47.7 Å². The van der Waals surface area contributed by atoms with Gasteiger partial charge < -0.3 is 45.0 Å². The lowest BCUT2D eigenvalue weighted by Gasteiger charge is -2.22. The molecular formula is C42H64N4O13. The molecule has 0 fully saturated rings. The first-order valence-electron chi connectivity index (χ1n) is 20.1. The number of alkyl carbamates (subject to hydrolysis) is 1. The van der Waals surface area contributed by atoms with E-state index in [1.54, 1.807) is 45.0 Å². The molecule has 17 nitrogen and oxygen atoms in total. The third kappa shape index (κ3) is 22.9. The van der Waals surface area contributed by atoms with Crippen molar-refractivity contribution in [2.75, 3.05) is 13.7 Å². The minimum absolute atomic E-state index is 0.0470. The first kappa shape index (κ1) is 51.5. The molecule has 4 amide bonds. The van der Waals surface area contributed by atoms with Crippen LogP contribution >= 0.6 is 0 Å². The number of carbonyl (C=O) groups is 8. The van der Waals surface area contributed by atoms with Gasteiger partial charge in [-0.25, -0.2) is 24.0 Å². The number of hydrogen-bond acceptors (Lipinski definition) is 13. The normalized spacial score (nSPS) is 13.7. The maximum atomic E-state index is 13.4. The number of rotatable bonds is 26. The van der Waals surface area contributed by atoms with Gasteiger partial charge >= 0.3 is 30.0 Å². The minimum Gasteiger partial charge on any atom is -0.467 e. The van der Waals surface area contributed by atoms with Crippen LogP contribution in [0.2, 0.25) is 0 Å². The van der Waals surface area contributed by atoms with Gasteiger partial charge in [-0.3, -0.25) is 14.4 Å². The van der Waals surface area contributed by atoms with E-state index in [1.807, 2.05) is 19.9 Å². The maximum absolute atomic E-state index is 13.4. The molecule has 1 rings (SSSR count). The number of esters is 4. The van der Waals surface area contributed by atoms with E-state index in [9.17, 15) is 38.4 Å². The molecule has 1 aromatic rings. The van der Waals surface area contributed by atoms with Gasteiger partial charge in [0.25, 0.3) is 0 Å². The highest BCUT2D eigenvalue weighted by atomic mass is 16.6. The smallest absolute Gasteiger partial charge is 0.408 e. The summed E-state index contributed by atoms with van der Waals surface area (Å²) in [5.41, 5.74) is -0.111. The Kier molecular flexibility index (Phi) is 24.5. The molecule has 0 saturated carbocycles. The molecule has 17 heteroatoms. The number of nitrogens with one attached hydrogen (secondary N) is 4. The van der Waals surface area contributed by atoms with Gasteiger partial charge in [0.1, 0.15) is 36.4 Å². The second kappa shape index (κ2) is 28.0. The van der Waals surface area contributed by atoms with Crippen molar-refractivity contribution in [1.82, 2.24) is 21.3 Å². The highest BCUT2D eigenvalue weighted by Gasteiger charge is 2.30. The zero-order valence-corrected chi connectivity index (χ0v) is 35.7. The van der Waals surface area contributed by atoms with E-state index < -0.39 is 77.7 Å². The van der Waals surface area contributed by atoms with E-state index in [-0.39, 0.29) is 44.8 Å². The molecule has 0 heterocycles. The van der Waals surface area contributed by atoms with Crippen molar-refractivity contribution in [3.05, 3.63) is 48.0 Å². The second-order valence-electron chi connectivity index (χ2n) is 14.8. The summed E-state index contributed by atoms with van der Waals surface area (Å²) in [6.07, 6.45) is 4.16. The van der Waals surface area contributed by atoms with Gasteiger partial charge in [0.2, 0.25) is 23.8 Å². The number of methoxy groups -OCH3 is 1. The van der Waals surface area contributed by atoms with Crippen LogP contribution in [0.3, 0.4) is 0 Å². The Balaban J connectivity index is 3.22. The molecule has 0 radical (unpaired) electrons. The van der Waals surface area contributed by atoms with E-state index >= 15 is 0 Å². The molecule has 0 bridgehead atoms. The van der Waals surface area contributed by atoms with E-state index in [0.29, 0.717) is 12.8 Å². The zero-order valence-electron chi connectivity index (χ0n) is 35.7. The monoisotopic (exact) mass is 832 g/mol. The predicted octanol–water partition coefficient (Wildman–Crippen LogP) is 4.24. The molecule has 59 heavy (non-hydrogen) atoms. The average Bonchev–Trinajstić information content (AvgIpc) is 3.18. The molecule has 0 unspecified atom stereocenters. The summed E-state index contributed by atoms with van der Waals surface area (Å²) in [6.45, 7) is 11.6. The van der Waals surface area contributed by atoms with Crippen LogP contribution in [-0.4, -0.2) is 97.3 Å². The van der Waals surface area contributed by atoms with Crippen LogP contribution in [0, 0.1) is 0 Å². The quantitative estimate of drug-likeness (QED) is 0.0444. The minimum atomic E-state index is -1.51. The number of benzene rings is 1. The fourth-order valence-corrected chi connectivity index (χ4v) is 5.04. The fourth-order valence-electron chi connectivity index (χ4n) is 5.04. The van der Waals surface area contributed by atoms with Crippen LogP contribution in [0.4, 0.5) is 4.79 Å². The summed E-state index contributed by atoms with van der Waals surface area (Å²) in [4.78, 5) is 103. The van der Waals surface area contributed by atoms with Gasteiger partial charge in [-0.05, 0) is 59.4 Å². The lowest BCUT2D eigenvalue weighted by molar-refractivity contribution is -0.168. The predicted molar refractivity (Wildman–Crippen MR) is 216 cm³/mol. The summed E-state index contributed by atoms with van der Waals surface area (Å²) >= 11 is 0. The molecule has 0 aliphatic heterocycles. The third-order valence-corrected chi connectivity index (χ3v) is 8.30. The van der Waals surface area contributed by atoms with Gasteiger partial charge in [-0.15, -0.1) is 0 Å². The molecule has 0 saturated heterocycles. The van der Waals surface area contributed by atoms with E-state index in [0.717, 1.165) is 38.4 Å². The zero-order chi connectivity index (χ0) is 44.4. The Hall–Kier alpha value is -5.48. The third-order valence-electron chi connectivity index (χ3n) is 8.30. The van der Waals surface area contributed by atoms with E-state index in [2.05, 4.69) is 26.0 Å².